The maximum atomic E-state index is 13.6. The maximum Gasteiger partial charge on any atom is 0.253 e. The van der Waals surface area contributed by atoms with Gasteiger partial charge in [0.25, 0.3) is 5.56 Å². The second-order valence-corrected chi connectivity index (χ2v) is 9.59. The summed E-state index contributed by atoms with van der Waals surface area (Å²) in [5.74, 6) is 1.96. The topological polar surface area (TPSA) is 107 Å². The molecule has 0 spiro atoms. The van der Waals surface area contributed by atoms with E-state index in [4.69, 9.17) is 14.2 Å². The van der Waals surface area contributed by atoms with Crippen LogP contribution >= 0.6 is 0 Å². The van der Waals surface area contributed by atoms with Crippen molar-refractivity contribution >= 4 is 10.9 Å². The Morgan fingerprint density at radius 1 is 1.11 bits per heavy atom. The number of H-pyrrole nitrogens is 1. The Kier molecular flexibility index (Phi) is 5.21. The zero-order chi connectivity index (χ0) is 24.1. The number of nitrogens with zero attached hydrogens (tertiary/aromatic N) is 5. The van der Waals surface area contributed by atoms with Gasteiger partial charge in [0.1, 0.15) is 6.04 Å². The summed E-state index contributed by atoms with van der Waals surface area (Å²) < 4.78 is 18.7. The van der Waals surface area contributed by atoms with Crippen LogP contribution in [0.15, 0.2) is 47.3 Å². The van der Waals surface area contributed by atoms with Crippen molar-refractivity contribution in [2.75, 3.05) is 19.9 Å². The van der Waals surface area contributed by atoms with Gasteiger partial charge in [0.05, 0.1) is 18.2 Å². The summed E-state index contributed by atoms with van der Waals surface area (Å²) in [7, 11) is 0. The summed E-state index contributed by atoms with van der Waals surface area (Å²) >= 11 is 0. The molecule has 0 bridgehead atoms. The second-order valence-electron chi connectivity index (χ2n) is 9.59. The van der Waals surface area contributed by atoms with Gasteiger partial charge in [-0.05, 0) is 52.9 Å². The van der Waals surface area contributed by atoms with E-state index in [1.54, 1.807) is 0 Å². The number of fused-ring (bicyclic) bond motifs is 3. The molecule has 10 nitrogen and oxygen atoms in total. The number of rotatable bonds is 5. The van der Waals surface area contributed by atoms with Crippen LogP contribution in [0.2, 0.25) is 0 Å². The van der Waals surface area contributed by atoms with Gasteiger partial charge in [-0.3, -0.25) is 9.69 Å². The van der Waals surface area contributed by atoms with Crippen molar-refractivity contribution < 1.29 is 14.2 Å². The molecule has 0 unspecified atom stereocenters. The summed E-state index contributed by atoms with van der Waals surface area (Å²) in [5.41, 5.74) is 3.73. The van der Waals surface area contributed by atoms with Gasteiger partial charge in [0.15, 0.2) is 17.3 Å². The predicted octanol–water partition coefficient (Wildman–Crippen LogP) is 2.57. The van der Waals surface area contributed by atoms with Crippen molar-refractivity contribution in [3.05, 3.63) is 75.3 Å². The van der Waals surface area contributed by atoms with Gasteiger partial charge in [0.2, 0.25) is 6.79 Å². The van der Waals surface area contributed by atoms with Crippen LogP contribution in [0.3, 0.4) is 0 Å². The molecule has 2 aromatic carbocycles. The molecule has 5 heterocycles. The molecule has 2 aromatic heterocycles. The van der Waals surface area contributed by atoms with E-state index in [1.165, 1.54) is 11.1 Å². The minimum absolute atomic E-state index is 0.0737. The molecule has 3 aliphatic rings. The molecule has 1 N–H and O–H groups in total. The minimum atomic E-state index is -0.423. The lowest BCUT2D eigenvalue weighted by Crippen LogP contribution is -2.39. The van der Waals surface area contributed by atoms with Gasteiger partial charge in [-0.2, -0.15) is 0 Å². The number of tetrazole rings is 1. The average Bonchev–Trinajstić information content (AvgIpc) is 3.67. The fraction of sp³-hybridized carbons (Fsp3) is 0.385. The molecule has 0 amide bonds. The molecular formula is C26H26N6O4. The number of ether oxygens (including phenoxy) is 3. The lowest BCUT2D eigenvalue weighted by Gasteiger charge is -2.35. The number of hydrogen-bond donors (Lipinski definition) is 1. The molecule has 0 aliphatic carbocycles. The third-order valence-electron chi connectivity index (χ3n) is 7.39. The Bertz CT molecular complexity index is 1490. The predicted molar refractivity (Wildman–Crippen MR) is 130 cm³/mol. The largest absolute Gasteiger partial charge is 0.454 e. The lowest BCUT2D eigenvalue weighted by molar-refractivity contribution is 0.0904. The van der Waals surface area contributed by atoms with Crippen LogP contribution in [0.4, 0.5) is 0 Å². The summed E-state index contributed by atoms with van der Waals surface area (Å²) in [4.78, 5) is 18.9. The molecule has 1 fully saturated rings. The number of pyridine rings is 1. The Balaban J connectivity index is 1.34. The van der Waals surface area contributed by atoms with Crippen LogP contribution in [0.25, 0.3) is 10.9 Å². The zero-order valence-electron chi connectivity index (χ0n) is 19.7. The highest BCUT2D eigenvalue weighted by molar-refractivity contribution is 5.83. The van der Waals surface area contributed by atoms with E-state index in [0.29, 0.717) is 41.5 Å². The van der Waals surface area contributed by atoms with Crippen molar-refractivity contribution in [1.29, 1.82) is 0 Å². The normalized spacial score (nSPS) is 20.1. The van der Waals surface area contributed by atoms with Crippen molar-refractivity contribution in [1.82, 2.24) is 30.1 Å². The second kappa shape index (κ2) is 8.72. The van der Waals surface area contributed by atoms with E-state index in [-0.39, 0.29) is 18.5 Å². The third kappa shape index (κ3) is 3.73. The smallest absolute Gasteiger partial charge is 0.253 e. The molecule has 7 rings (SSSR count). The van der Waals surface area contributed by atoms with Crippen molar-refractivity contribution in [3.63, 3.8) is 0 Å². The van der Waals surface area contributed by atoms with E-state index in [2.05, 4.69) is 49.7 Å². The van der Waals surface area contributed by atoms with Crippen molar-refractivity contribution in [3.8, 4) is 11.5 Å². The fourth-order valence-corrected chi connectivity index (χ4v) is 5.57. The number of aromatic nitrogens is 5. The number of hydrogen-bond acceptors (Lipinski definition) is 8. The first-order valence-electron chi connectivity index (χ1n) is 12.4. The highest BCUT2D eigenvalue weighted by atomic mass is 16.7. The molecule has 1 saturated heterocycles. The summed E-state index contributed by atoms with van der Waals surface area (Å²) in [6.45, 7) is 2.98. The minimum Gasteiger partial charge on any atom is -0.454 e. The van der Waals surface area contributed by atoms with Gasteiger partial charge in [-0.25, -0.2) is 4.68 Å². The zero-order valence-corrected chi connectivity index (χ0v) is 19.7. The van der Waals surface area contributed by atoms with Gasteiger partial charge >= 0.3 is 0 Å². The van der Waals surface area contributed by atoms with Crippen LogP contribution in [-0.2, 0) is 24.2 Å². The third-order valence-corrected chi connectivity index (χ3v) is 7.39. The van der Waals surface area contributed by atoms with E-state index in [0.717, 1.165) is 37.8 Å². The Morgan fingerprint density at radius 3 is 2.83 bits per heavy atom. The quantitative estimate of drug-likeness (QED) is 0.459. The maximum absolute atomic E-state index is 13.6. The van der Waals surface area contributed by atoms with Gasteiger partial charge < -0.3 is 19.2 Å². The van der Waals surface area contributed by atoms with E-state index >= 15 is 0 Å². The Labute approximate surface area is 206 Å². The van der Waals surface area contributed by atoms with Crippen molar-refractivity contribution in [2.24, 2.45) is 0 Å². The highest BCUT2D eigenvalue weighted by Crippen LogP contribution is 2.37. The van der Waals surface area contributed by atoms with Gasteiger partial charge in [0, 0.05) is 36.7 Å². The van der Waals surface area contributed by atoms with Crippen LogP contribution in [0, 0.1) is 0 Å². The molecular weight excluding hydrogens is 460 g/mol. The van der Waals surface area contributed by atoms with Crippen LogP contribution < -0.4 is 15.0 Å². The Hall–Kier alpha value is -3.76. The first-order chi connectivity index (χ1) is 17.7. The molecule has 4 aromatic rings. The number of aromatic amines is 1. The number of nitrogens with one attached hydrogen (secondary N) is 1. The summed E-state index contributed by atoms with van der Waals surface area (Å²) in [6.07, 6.45) is 2.98. The highest BCUT2D eigenvalue weighted by Gasteiger charge is 2.33. The first kappa shape index (κ1) is 21.5. The summed E-state index contributed by atoms with van der Waals surface area (Å²) in [5, 5.41) is 13.6. The number of benzene rings is 2. The molecule has 10 heteroatoms. The molecule has 0 radical (unpaired) electrons. The standard InChI is InChI=1S/C26H26N6O4/c33-26-20(10-18-11-22-23(36-15-35-22)12-21(18)27-26)24(31-8-7-16-4-1-2-5-17(16)13-31)25-28-29-30-32(25)14-19-6-3-9-34-19/h1-2,4-5,10-12,19,24H,3,6-9,13-15H2,(H,27,33)/t19-,24-/m0/s1. The summed E-state index contributed by atoms with van der Waals surface area (Å²) in [6, 6.07) is 13.7. The van der Waals surface area contributed by atoms with Crippen LogP contribution in [-0.4, -0.2) is 56.1 Å². The fourth-order valence-electron chi connectivity index (χ4n) is 5.57. The average molecular weight is 487 g/mol. The first-order valence-corrected chi connectivity index (χ1v) is 12.4. The van der Waals surface area contributed by atoms with Gasteiger partial charge in [-0.1, -0.05) is 24.3 Å². The Morgan fingerprint density at radius 2 is 1.97 bits per heavy atom. The monoisotopic (exact) mass is 486 g/mol. The van der Waals surface area contributed by atoms with E-state index in [1.807, 2.05) is 22.9 Å². The van der Waals surface area contributed by atoms with Crippen LogP contribution in [0.5, 0.6) is 11.5 Å². The van der Waals surface area contributed by atoms with Gasteiger partial charge in [-0.15, -0.1) is 5.10 Å². The molecule has 36 heavy (non-hydrogen) atoms. The molecule has 2 atom stereocenters. The molecule has 184 valence electrons. The van der Waals surface area contributed by atoms with E-state index < -0.39 is 6.04 Å². The van der Waals surface area contributed by atoms with Crippen molar-refractivity contribution in [2.45, 2.75) is 44.5 Å². The lowest BCUT2D eigenvalue weighted by atomic mass is 9.96. The van der Waals surface area contributed by atoms with E-state index in [9.17, 15) is 4.79 Å². The SMILES string of the molecule is O=c1[nH]c2cc3c(cc2cc1[C@@H](c1nnnn1C[C@@H]1CCCO1)N1CCc2ccccc2C1)OCO3. The molecule has 3 aliphatic heterocycles. The molecule has 0 saturated carbocycles. The van der Waals surface area contributed by atoms with Crippen LogP contribution in [0.1, 0.15) is 41.4 Å².